The molecule has 1 aromatic heterocycles. The number of carbonyl (C=O) groups is 2. The summed E-state index contributed by atoms with van der Waals surface area (Å²) in [6.07, 6.45) is 10.9. The number of carbonyl (C=O) groups excluding carboxylic acids is 2. The van der Waals surface area contributed by atoms with Gasteiger partial charge in [0.25, 0.3) is 5.91 Å². The lowest BCUT2D eigenvalue weighted by Gasteiger charge is -2.46. The number of Topliss-reactive ketones (excluding diaryl/α,β-unsaturated/α-hetero) is 1. The van der Waals surface area contributed by atoms with Crippen molar-refractivity contribution in [3.63, 3.8) is 0 Å². The van der Waals surface area contributed by atoms with Crippen molar-refractivity contribution in [2.24, 2.45) is 23.2 Å². The Hall–Kier alpha value is -4.21. The fraction of sp³-hybridized carbons (Fsp3) is 0.442. The largest absolute Gasteiger partial charge is 0.490 e. The molecule has 3 aromatic carbocycles. The number of ether oxygens (including phenoxy) is 2. The number of ketones is 1. The molecule has 1 spiro atoms. The normalized spacial score (nSPS) is 28.2. The highest BCUT2D eigenvalue weighted by Crippen LogP contribution is 2.47. The predicted octanol–water partition coefficient (Wildman–Crippen LogP) is 7.84. The van der Waals surface area contributed by atoms with Crippen molar-refractivity contribution >= 4 is 38.0 Å². The first-order valence-corrected chi connectivity index (χ1v) is 20.7. The minimum atomic E-state index is -3.24. The van der Waals surface area contributed by atoms with Gasteiger partial charge in [-0.2, -0.15) is 4.36 Å². The van der Waals surface area contributed by atoms with Crippen LogP contribution < -0.4 is 9.64 Å². The van der Waals surface area contributed by atoms with Gasteiger partial charge in [-0.3, -0.25) is 9.59 Å². The van der Waals surface area contributed by atoms with E-state index < -0.39 is 15.6 Å². The average molecular weight is 720 g/mol. The van der Waals surface area contributed by atoms with Gasteiger partial charge in [0, 0.05) is 54.9 Å². The highest BCUT2D eigenvalue weighted by Gasteiger charge is 2.44. The molecule has 4 aromatic rings. The number of para-hydroxylation sites is 1. The van der Waals surface area contributed by atoms with E-state index in [0.29, 0.717) is 42.5 Å². The van der Waals surface area contributed by atoms with Crippen molar-refractivity contribution in [3.05, 3.63) is 107 Å². The Balaban J connectivity index is 1.19. The van der Waals surface area contributed by atoms with Crippen LogP contribution in [0.1, 0.15) is 76.1 Å². The topological polar surface area (TPSA) is 90.2 Å². The first-order valence-electron chi connectivity index (χ1n) is 18.8. The summed E-state index contributed by atoms with van der Waals surface area (Å²) < 4.78 is 33.7. The van der Waals surface area contributed by atoms with Crippen molar-refractivity contribution in [2.45, 2.75) is 63.4 Å². The fourth-order valence-corrected chi connectivity index (χ4v) is 11.1. The molecule has 52 heavy (non-hydrogen) atoms. The molecular weight excluding hydrogens is 671 g/mol. The minimum Gasteiger partial charge on any atom is -0.490 e. The second kappa shape index (κ2) is 14.0. The molecule has 2 bridgehead atoms. The molecule has 1 amide bonds. The van der Waals surface area contributed by atoms with Gasteiger partial charge in [-0.25, -0.2) is 4.21 Å². The number of aryl methyl sites for hydroxylation is 3. The van der Waals surface area contributed by atoms with E-state index in [4.69, 9.17) is 9.47 Å². The van der Waals surface area contributed by atoms with Crippen LogP contribution in [0.15, 0.2) is 83.2 Å². The van der Waals surface area contributed by atoms with Crippen molar-refractivity contribution in [3.8, 4) is 5.75 Å². The summed E-state index contributed by atoms with van der Waals surface area (Å²) in [4.78, 5) is 30.3. The van der Waals surface area contributed by atoms with Gasteiger partial charge in [-0.05, 0) is 105 Å². The van der Waals surface area contributed by atoms with Crippen LogP contribution in [-0.2, 0) is 33.3 Å². The van der Waals surface area contributed by atoms with Crippen LogP contribution in [0, 0.1) is 18.8 Å². The number of hydrogen-bond donors (Lipinski definition) is 0. The average Bonchev–Trinajstić information content (AvgIpc) is 3.38. The van der Waals surface area contributed by atoms with Crippen LogP contribution in [0.3, 0.4) is 0 Å². The number of anilines is 1. The van der Waals surface area contributed by atoms with Gasteiger partial charge < -0.3 is 18.9 Å². The molecule has 0 N–H and O–H groups in total. The quantitative estimate of drug-likeness (QED) is 0.158. The number of methoxy groups -OCH3 is 1. The second-order valence-electron chi connectivity index (χ2n) is 15.5. The molecule has 2 aliphatic heterocycles. The molecule has 3 heterocycles. The smallest absolute Gasteiger partial charge is 0.285 e. The van der Waals surface area contributed by atoms with Gasteiger partial charge in [-0.1, -0.05) is 54.1 Å². The summed E-state index contributed by atoms with van der Waals surface area (Å²) in [5.41, 5.74) is 6.48. The summed E-state index contributed by atoms with van der Waals surface area (Å²) in [7, 11) is 0.386. The van der Waals surface area contributed by atoms with Gasteiger partial charge in [0.05, 0.1) is 39.6 Å². The lowest BCUT2D eigenvalue weighted by Crippen LogP contribution is -2.49. The molecule has 0 radical (unpaired) electrons. The number of allylic oxidation sites excluding steroid dienone is 1. The minimum absolute atomic E-state index is 0.0169. The SMILES string of the molecule is CO[C@H]1/C=C/CCC[S@@](=O)(CC(=O)c2cc3ccccc3n2C)=NC(=O)c2ccc3c(c2)N(C[C@@H]2CC[C@H]21)C[C@@]1(CCCc2cc(C)ccc21)CO3. The zero-order valence-corrected chi connectivity index (χ0v) is 31.3. The van der Waals surface area contributed by atoms with E-state index in [0.717, 1.165) is 67.5 Å². The Bertz CT molecular complexity index is 2200. The molecule has 9 heteroatoms. The molecule has 272 valence electrons. The first-order chi connectivity index (χ1) is 25.1. The molecule has 4 aliphatic rings. The molecule has 8 rings (SSSR count). The predicted molar refractivity (Wildman–Crippen MR) is 207 cm³/mol. The van der Waals surface area contributed by atoms with Crippen LogP contribution in [-0.4, -0.2) is 64.9 Å². The lowest BCUT2D eigenvalue weighted by atomic mass is 9.68. The molecule has 0 saturated heterocycles. The Labute approximate surface area is 307 Å². The van der Waals surface area contributed by atoms with Crippen molar-refractivity contribution < 1.29 is 23.3 Å². The van der Waals surface area contributed by atoms with E-state index in [-0.39, 0.29) is 28.8 Å². The van der Waals surface area contributed by atoms with Crippen molar-refractivity contribution in [1.29, 1.82) is 0 Å². The number of amides is 1. The number of fused-ring (bicyclic) bond motifs is 5. The molecule has 1 saturated carbocycles. The van der Waals surface area contributed by atoms with E-state index in [1.807, 2.05) is 54.1 Å². The summed E-state index contributed by atoms with van der Waals surface area (Å²) >= 11 is 0. The van der Waals surface area contributed by atoms with Crippen LogP contribution >= 0.6 is 0 Å². The summed E-state index contributed by atoms with van der Waals surface area (Å²) in [6.45, 7) is 4.32. The van der Waals surface area contributed by atoms with E-state index in [9.17, 15) is 13.8 Å². The lowest BCUT2D eigenvalue weighted by molar-refractivity contribution is 0.0132. The van der Waals surface area contributed by atoms with Gasteiger partial charge in [0.15, 0.2) is 5.78 Å². The molecule has 0 unspecified atom stereocenters. The monoisotopic (exact) mass is 719 g/mol. The van der Waals surface area contributed by atoms with Gasteiger partial charge in [0.1, 0.15) is 5.75 Å². The summed E-state index contributed by atoms with van der Waals surface area (Å²) in [5, 5.41) is 0.936. The molecule has 1 fully saturated rings. The van der Waals surface area contributed by atoms with E-state index in [2.05, 4.69) is 46.5 Å². The highest BCUT2D eigenvalue weighted by atomic mass is 32.2. The number of aromatic nitrogens is 1. The standard InChI is InChI=1S/C43H49N3O5S/c1-29-14-18-35-30(22-29)11-9-20-43(35)27-46-25-33-15-17-34(33)40(50-3)13-5-4-8-21-52(49,44-42(48)32-16-19-41(51-28-43)38(46)24-32)26-39(47)37-23-31-10-6-7-12-36(31)45(37)2/h5-7,10,12-14,16,18-19,22-24,33-34,40H,4,8-9,11,15,17,20-21,25-28H2,1-3H3/b13-5+/t33-,34+,40-,43-,52+/m0/s1. The number of benzene rings is 3. The van der Waals surface area contributed by atoms with Crippen molar-refractivity contribution in [1.82, 2.24) is 4.57 Å². The number of rotatable bonds is 4. The van der Waals surface area contributed by atoms with E-state index >= 15 is 0 Å². The van der Waals surface area contributed by atoms with Gasteiger partial charge in [-0.15, -0.1) is 0 Å². The Morgan fingerprint density at radius 3 is 2.75 bits per heavy atom. The maximum atomic E-state index is 14.7. The van der Waals surface area contributed by atoms with Gasteiger partial charge in [0.2, 0.25) is 0 Å². The number of nitrogens with zero attached hydrogens (tertiary/aromatic N) is 3. The Morgan fingerprint density at radius 2 is 1.94 bits per heavy atom. The third kappa shape index (κ3) is 6.51. The van der Waals surface area contributed by atoms with Crippen molar-refractivity contribution in [2.75, 3.05) is 43.2 Å². The third-order valence-corrected chi connectivity index (χ3v) is 14.2. The van der Waals surface area contributed by atoms with Crippen LogP contribution in [0.25, 0.3) is 10.9 Å². The second-order valence-corrected chi connectivity index (χ2v) is 17.9. The fourth-order valence-electron chi connectivity index (χ4n) is 9.19. The maximum absolute atomic E-state index is 14.7. The third-order valence-electron chi connectivity index (χ3n) is 12.1. The van der Waals surface area contributed by atoms with Crippen LogP contribution in [0.5, 0.6) is 5.75 Å². The molecule has 8 nitrogen and oxygen atoms in total. The molecular formula is C43H49N3O5S. The maximum Gasteiger partial charge on any atom is 0.285 e. The van der Waals surface area contributed by atoms with Crippen LogP contribution in [0.4, 0.5) is 5.69 Å². The highest BCUT2D eigenvalue weighted by molar-refractivity contribution is 7.94. The zero-order chi connectivity index (χ0) is 36.0. The summed E-state index contributed by atoms with van der Waals surface area (Å²) in [6, 6.07) is 22.0. The van der Waals surface area contributed by atoms with E-state index in [1.165, 1.54) is 16.7 Å². The summed E-state index contributed by atoms with van der Waals surface area (Å²) in [5.74, 6) is 0.535. The van der Waals surface area contributed by atoms with E-state index in [1.54, 1.807) is 13.2 Å². The number of hydrogen-bond acceptors (Lipinski definition) is 6. The van der Waals surface area contributed by atoms with Gasteiger partial charge >= 0.3 is 0 Å². The Kier molecular flexibility index (Phi) is 9.37. The molecule has 2 aliphatic carbocycles. The molecule has 5 atom stereocenters. The zero-order valence-electron chi connectivity index (χ0n) is 30.5. The van der Waals surface area contributed by atoms with Crippen LogP contribution in [0.2, 0.25) is 0 Å². The first kappa shape index (κ1) is 34.9. The Morgan fingerprint density at radius 1 is 1.08 bits per heavy atom.